The van der Waals surface area contributed by atoms with E-state index in [9.17, 15) is 9.50 Å². The molecule has 98 valence electrons. The molecule has 1 fully saturated rings. The Kier molecular flexibility index (Phi) is 3.34. The Morgan fingerprint density at radius 2 is 1.74 bits per heavy atom. The highest BCUT2D eigenvalue weighted by Crippen LogP contribution is 2.43. The van der Waals surface area contributed by atoms with Gasteiger partial charge in [0.2, 0.25) is 0 Å². The second kappa shape index (κ2) is 5.14. The van der Waals surface area contributed by atoms with Gasteiger partial charge in [-0.25, -0.2) is 4.39 Å². The molecule has 0 aromatic heterocycles. The molecule has 0 saturated heterocycles. The highest BCUT2D eigenvalue weighted by Gasteiger charge is 2.27. The molecule has 0 amide bonds. The van der Waals surface area contributed by atoms with Gasteiger partial charge in [-0.3, -0.25) is 0 Å². The van der Waals surface area contributed by atoms with E-state index < -0.39 is 6.10 Å². The van der Waals surface area contributed by atoms with Crippen molar-refractivity contribution in [2.75, 3.05) is 0 Å². The van der Waals surface area contributed by atoms with Crippen LogP contribution in [-0.2, 0) is 6.42 Å². The molecule has 2 aromatic carbocycles. The normalized spacial score (nSPS) is 16.3. The number of aliphatic hydroxyl groups is 1. The van der Waals surface area contributed by atoms with Crippen molar-refractivity contribution in [2.45, 2.75) is 31.3 Å². The third kappa shape index (κ3) is 2.69. The third-order valence-electron chi connectivity index (χ3n) is 3.74. The molecule has 1 saturated carbocycles. The minimum Gasteiger partial charge on any atom is -0.388 e. The number of hydrogen-bond acceptors (Lipinski definition) is 1. The second-order valence-electron chi connectivity index (χ2n) is 5.21. The van der Waals surface area contributed by atoms with Crippen molar-refractivity contribution in [3.63, 3.8) is 0 Å². The van der Waals surface area contributed by atoms with Crippen molar-refractivity contribution in [1.82, 2.24) is 0 Å². The number of benzene rings is 2. The van der Waals surface area contributed by atoms with Gasteiger partial charge in [-0.1, -0.05) is 42.5 Å². The summed E-state index contributed by atoms with van der Waals surface area (Å²) in [4.78, 5) is 0. The Hall–Kier alpha value is -1.67. The maximum atomic E-state index is 13.6. The van der Waals surface area contributed by atoms with Gasteiger partial charge in [0.05, 0.1) is 6.10 Å². The lowest BCUT2D eigenvalue weighted by atomic mass is 9.94. The summed E-state index contributed by atoms with van der Waals surface area (Å²) in [5, 5.41) is 10.4. The smallest absolute Gasteiger partial charge is 0.126 e. The van der Waals surface area contributed by atoms with Crippen LogP contribution < -0.4 is 0 Å². The number of hydrogen-bond donors (Lipinski definition) is 1. The van der Waals surface area contributed by atoms with Crippen LogP contribution in [0.1, 0.15) is 41.6 Å². The van der Waals surface area contributed by atoms with Crippen LogP contribution in [0.15, 0.2) is 48.5 Å². The minimum atomic E-state index is -0.631. The van der Waals surface area contributed by atoms with Crippen molar-refractivity contribution in [3.8, 4) is 0 Å². The zero-order valence-corrected chi connectivity index (χ0v) is 10.7. The molecule has 1 unspecified atom stereocenters. The summed E-state index contributed by atoms with van der Waals surface area (Å²) < 4.78 is 13.6. The van der Waals surface area contributed by atoms with Crippen molar-refractivity contribution >= 4 is 0 Å². The summed E-state index contributed by atoms with van der Waals surface area (Å²) in [5.41, 5.74) is 2.75. The lowest BCUT2D eigenvalue weighted by molar-refractivity contribution is 0.176. The van der Waals surface area contributed by atoms with Crippen LogP contribution >= 0.6 is 0 Å². The first-order chi connectivity index (χ1) is 9.25. The van der Waals surface area contributed by atoms with Gasteiger partial charge < -0.3 is 5.11 Å². The van der Waals surface area contributed by atoms with Crippen LogP contribution in [0.5, 0.6) is 0 Å². The topological polar surface area (TPSA) is 20.2 Å². The molecule has 2 aromatic rings. The van der Waals surface area contributed by atoms with E-state index in [4.69, 9.17) is 0 Å². The monoisotopic (exact) mass is 256 g/mol. The van der Waals surface area contributed by atoms with E-state index in [2.05, 4.69) is 6.07 Å². The predicted octanol–water partition coefficient (Wildman–Crippen LogP) is 3.98. The molecular weight excluding hydrogens is 239 g/mol. The van der Waals surface area contributed by atoms with Crippen LogP contribution in [-0.4, -0.2) is 5.11 Å². The van der Waals surface area contributed by atoms with Gasteiger partial charge in [-0.05, 0) is 41.5 Å². The van der Waals surface area contributed by atoms with E-state index in [0.29, 0.717) is 17.9 Å². The Balaban J connectivity index is 1.84. The fourth-order valence-corrected chi connectivity index (χ4v) is 2.56. The highest BCUT2D eigenvalue weighted by molar-refractivity contribution is 5.35. The lowest BCUT2D eigenvalue weighted by Crippen LogP contribution is -2.06. The van der Waals surface area contributed by atoms with E-state index >= 15 is 0 Å². The van der Waals surface area contributed by atoms with Crippen molar-refractivity contribution in [3.05, 3.63) is 71.0 Å². The molecule has 1 atom stereocenters. The standard InChI is InChI=1S/C17H17FO/c18-16-8-4-1-5-13(16)11-17(19)15-7-3-2-6-14(15)12-9-10-12/h1-8,12,17,19H,9-11H2. The number of rotatable bonds is 4. The van der Waals surface area contributed by atoms with Gasteiger partial charge in [0.25, 0.3) is 0 Å². The fourth-order valence-electron chi connectivity index (χ4n) is 2.56. The van der Waals surface area contributed by atoms with Gasteiger partial charge in [0.15, 0.2) is 0 Å². The maximum Gasteiger partial charge on any atom is 0.126 e. The highest BCUT2D eigenvalue weighted by atomic mass is 19.1. The van der Waals surface area contributed by atoms with Crippen LogP contribution in [0.4, 0.5) is 4.39 Å². The molecular formula is C17H17FO. The Morgan fingerprint density at radius 1 is 1.05 bits per heavy atom. The van der Waals surface area contributed by atoms with Gasteiger partial charge in [0.1, 0.15) is 5.82 Å². The zero-order valence-electron chi connectivity index (χ0n) is 10.7. The Morgan fingerprint density at radius 3 is 2.47 bits per heavy atom. The number of halogens is 1. The summed E-state index contributed by atoms with van der Waals surface area (Å²) in [6.07, 6.45) is 2.09. The van der Waals surface area contributed by atoms with E-state index in [1.807, 2.05) is 18.2 Å². The summed E-state index contributed by atoms with van der Waals surface area (Å²) >= 11 is 0. The van der Waals surface area contributed by atoms with Gasteiger partial charge in [0, 0.05) is 6.42 Å². The SMILES string of the molecule is OC(Cc1ccccc1F)c1ccccc1C1CC1. The quantitative estimate of drug-likeness (QED) is 0.877. The van der Waals surface area contributed by atoms with E-state index in [-0.39, 0.29) is 5.82 Å². The van der Waals surface area contributed by atoms with Gasteiger partial charge >= 0.3 is 0 Å². The predicted molar refractivity (Wildman–Crippen MR) is 73.5 cm³/mol. The van der Waals surface area contributed by atoms with Crippen molar-refractivity contribution < 1.29 is 9.50 Å². The third-order valence-corrected chi connectivity index (χ3v) is 3.74. The van der Waals surface area contributed by atoms with Crippen molar-refractivity contribution in [1.29, 1.82) is 0 Å². The van der Waals surface area contributed by atoms with E-state index in [0.717, 1.165) is 5.56 Å². The second-order valence-corrected chi connectivity index (χ2v) is 5.21. The zero-order chi connectivity index (χ0) is 13.2. The fraction of sp³-hybridized carbons (Fsp3) is 0.294. The Bertz CT molecular complexity index is 575. The van der Waals surface area contributed by atoms with Crippen LogP contribution in [0.3, 0.4) is 0 Å². The van der Waals surface area contributed by atoms with E-state index in [1.165, 1.54) is 24.5 Å². The summed E-state index contributed by atoms with van der Waals surface area (Å²) in [6, 6.07) is 14.6. The van der Waals surface area contributed by atoms with Crippen LogP contribution in [0.2, 0.25) is 0 Å². The molecule has 19 heavy (non-hydrogen) atoms. The van der Waals surface area contributed by atoms with Crippen LogP contribution in [0, 0.1) is 5.82 Å². The molecule has 0 radical (unpaired) electrons. The molecule has 3 rings (SSSR count). The summed E-state index contributed by atoms with van der Waals surface area (Å²) in [5.74, 6) is 0.344. The first-order valence-corrected chi connectivity index (χ1v) is 6.76. The van der Waals surface area contributed by atoms with Gasteiger partial charge in [-0.2, -0.15) is 0 Å². The molecule has 0 spiro atoms. The first-order valence-electron chi connectivity index (χ1n) is 6.76. The van der Waals surface area contributed by atoms with Gasteiger partial charge in [-0.15, -0.1) is 0 Å². The molecule has 0 heterocycles. The summed E-state index contributed by atoms with van der Waals surface area (Å²) in [6.45, 7) is 0. The number of aliphatic hydroxyl groups excluding tert-OH is 1. The first kappa shape index (κ1) is 12.4. The average Bonchev–Trinajstić information content (AvgIpc) is 3.26. The molecule has 1 aliphatic rings. The molecule has 0 aliphatic heterocycles. The Labute approximate surface area is 112 Å². The maximum absolute atomic E-state index is 13.6. The van der Waals surface area contributed by atoms with E-state index in [1.54, 1.807) is 18.2 Å². The largest absolute Gasteiger partial charge is 0.388 e. The van der Waals surface area contributed by atoms with Crippen molar-refractivity contribution in [2.24, 2.45) is 0 Å². The molecule has 2 heteroatoms. The average molecular weight is 256 g/mol. The molecule has 1 N–H and O–H groups in total. The molecule has 0 bridgehead atoms. The molecule has 1 nitrogen and oxygen atoms in total. The molecule has 1 aliphatic carbocycles. The van der Waals surface area contributed by atoms with Crippen LogP contribution in [0.25, 0.3) is 0 Å². The minimum absolute atomic E-state index is 0.245. The lowest BCUT2D eigenvalue weighted by Gasteiger charge is -2.15. The summed E-state index contributed by atoms with van der Waals surface area (Å²) in [7, 11) is 0.